The van der Waals surface area contributed by atoms with Gasteiger partial charge < -0.3 is 10.6 Å². The summed E-state index contributed by atoms with van der Waals surface area (Å²) in [5.41, 5.74) is 3.01. The van der Waals surface area contributed by atoms with E-state index in [-0.39, 0.29) is 17.7 Å². The Morgan fingerprint density at radius 3 is 2.80 bits per heavy atom. The second-order valence-corrected chi connectivity index (χ2v) is 6.62. The lowest BCUT2D eigenvalue weighted by atomic mass is 9.88. The van der Waals surface area contributed by atoms with Crippen molar-refractivity contribution in [3.05, 3.63) is 72.1 Å². The van der Waals surface area contributed by atoms with Crippen LogP contribution in [0.2, 0.25) is 0 Å². The lowest BCUT2D eigenvalue weighted by Crippen LogP contribution is -2.28. The molecule has 0 aliphatic carbocycles. The SMILES string of the molecule is Cc1cc2c(NC(=O)C3CNCC3c3ccccc3)cccc2cn1. The highest BCUT2D eigenvalue weighted by atomic mass is 16.1. The van der Waals surface area contributed by atoms with Crippen molar-refractivity contribution in [1.29, 1.82) is 0 Å². The first kappa shape index (κ1) is 15.8. The molecule has 2 N–H and O–H groups in total. The third-order valence-electron chi connectivity index (χ3n) is 4.94. The summed E-state index contributed by atoms with van der Waals surface area (Å²) in [5, 5.41) is 8.58. The first-order valence-electron chi connectivity index (χ1n) is 8.64. The van der Waals surface area contributed by atoms with E-state index in [2.05, 4.69) is 27.8 Å². The summed E-state index contributed by atoms with van der Waals surface area (Å²) in [7, 11) is 0. The molecule has 3 aromatic rings. The van der Waals surface area contributed by atoms with E-state index in [1.54, 1.807) is 0 Å². The maximum absolute atomic E-state index is 13.0. The standard InChI is InChI=1S/C21H21N3O/c1-14-10-17-16(11-23-14)8-5-9-20(17)24-21(25)19-13-22-12-18(19)15-6-3-2-4-7-15/h2-11,18-19,22H,12-13H2,1H3,(H,24,25). The minimum atomic E-state index is -0.0689. The van der Waals surface area contributed by atoms with Gasteiger partial charge in [0.2, 0.25) is 5.91 Å². The fourth-order valence-electron chi connectivity index (χ4n) is 3.61. The number of pyridine rings is 1. The first-order valence-corrected chi connectivity index (χ1v) is 8.64. The van der Waals surface area contributed by atoms with Gasteiger partial charge in [-0.25, -0.2) is 0 Å². The number of nitrogens with one attached hydrogen (secondary N) is 2. The van der Waals surface area contributed by atoms with E-state index in [9.17, 15) is 4.79 Å². The maximum atomic E-state index is 13.0. The van der Waals surface area contributed by atoms with Crippen LogP contribution in [0.25, 0.3) is 10.8 Å². The van der Waals surface area contributed by atoms with Gasteiger partial charge in [-0.3, -0.25) is 9.78 Å². The Balaban J connectivity index is 1.61. The Kier molecular flexibility index (Phi) is 4.20. The van der Waals surface area contributed by atoms with E-state index in [0.29, 0.717) is 6.54 Å². The minimum Gasteiger partial charge on any atom is -0.325 e. The number of fused-ring (bicyclic) bond motifs is 1. The zero-order valence-electron chi connectivity index (χ0n) is 14.2. The number of carbonyl (C=O) groups excluding carboxylic acids is 1. The number of benzene rings is 2. The van der Waals surface area contributed by atoms with Crippen molar-refractivity contribution < 1.29 is 4.79 Å². The van der Waals surface area contributed by atoms with Crippen molar-refractivity contribution >= 4 is 22.4 Å². The molecule has 1 saturated heterocycles. The first-order chi connectivity index (χ1) is 12.2. The van der Waals surface area contributed by atoms with E-state index in [4.69, 9.17) is 0 Å². The molecule has 1 aliphatic heterocycles. The monoisotopic (exact) mass is 331 g/mol. The molecule has 0 spiro atoms. The van der Waals surface area contributed by atoms with Crippen LogP contribution in [0.15, 0.2) is 60.8 Å². The molecule has 0 saturated carbocycles. The Bertz CT molecular complexity index is 907. The van der Waals surface area contributed by atoms with Crippen LogP contribution in [0.4, 0.5) is 5.69 Å². The largest absolute Gasteiger partial charge is 0.325 e. The molecule has 4 nitrogen and oxygen atoms in total. The van der Waals surface area contributed by atoms with E-state index >= 15 is 0 Å². The lowest BCUT2D eigenvalue weighted by Gasteiger charge is -2.19. The molecule has 1 aliphatic rings. The molecule has 1 amide bonds. The van der Waals surface area contributed by atoms with E-state index in [0.717, 1.165) is 28.7 Å². The van der Waals surface area contributed by atoms with E-state index < -0.39 is 0 Å². The highest BCUT2D eigenvalue weighted by Gasteiger charge is 2.34. The predicted octanol–water partition coefficient (Wildman–Crippen LogP) is 3.48. The summed E-state index contributed by atoms with van der Waals surface area (Å²) in [5.74, 6) is 0.209. The number of nitrogens with zero attached hydrogens (tertiary/aromatic N) is 1. The summed E-state index contributed by atoms with van der Waals surface area (Å²) >= 11 is 0. The topological polar surface area (TPSA) is 54.0 Å². The summed E-state index contributed by atoms with van der Waals surface area (Å²) in [4.78, 5) is 17.3. The van der Waals surface area contributed by atoms with Crippen LogP contribution < -0.4 is 10.6 Å². The van der Waals surface area contributed by atoms with E-state index in [1.807, 2.05) is 55.6 Å². The third kappa shape index (κ3) is 3.13. The number of carbonyl (C=O) groups is 1. The summed E-state index contributed by atoms with van der Waals surface area (Å²) in [6.45, 7) is 3.50. The van der Waals surface area contributed by atoms with Crippen LogP contribution in [-0.2, 0) is 4.79 Å². The van der Waals surface area contributed by atoms with Gasteiger partial charge in [0.05, 0.1) is 5.92 Å². The molecule has 2 aromatic carbocycles. The van der Waals surface area contributed by atoms with Crippen LogP contribution in [0.5, 0.6) is 0 Å². The molecular formula is C21H21N3O. The van der Waals surface area contributed by atoms with Gasteiger partial charge in [-0.1, -0.05) is 42.5 Å². The lowest BCUT2D eigenvalue weighted by molar-refractivity contribution is -0.119. The summed E-state index contributed by atoms with van der Waals surface area (Å²) in [6.07, 6.45) is 1.85. The fourth-order valence-corrected chi connectivity index (χ4v) is 3.61. The van der Waals surface area contributed by atoms with Crippen molar-refractivity contribution in [1.82, 2.24) is 10.3 Å². The molecule has 2 atom stereocenters. The summed E-state index contributed by atoms with van der Waals surface area (Å²) < 4.78 is 0. The van der Waals surface area contributed by atoms with Gasteiger partial charge in [0.1, 0.15) is 0 Å². The quantitative estimate of drug-likeness (QED) is 0.772. The van der Waals surface area contributed by atoms with Gasteiger partial charge in [-0.2, -0.15) is 0 Å². The van der Waals surface area contributed by atoms with Gasteiger partial charge in [0.25, 0.3) is 0 Å². The van der Waals surface area contributed by atoms with Crippen LogP contribution in [0.1, 0.15) is 17.2 Å². The average molecular weight is 331 g/mol. The van der Waals surface area contributed by atoms with Crippen LogP contribution >= 0.6 is 0 Å². The summed E-state index contributed by atoms with van der Waals surface area (Å²) in [6, 6.07) is 18.2. The molecule has 0 bridgehead atoms. The molecule has 1 fully saturated rings. The minimum absolute atomic E-state index is 0.0689. The van der Waals surface area contributed by atoms with Crippen LogP contribution in [0.3, 0.4) is 0 Å². The van der Waals surface area contributed by atoms with Crippen molar-refractivity contribution in [2.45, 2.75) is 12.8 Å². The number of anilines is 1. The number of hydrogen-bond donors (Lipinski definition) is 2. The predicted molar refractivity (Wildman–Crippen MR) is 101 cm³/mol. The van der Waals surface area contributed by atoms with Crippen molar-refractivity contribution in [3.63, 3.8) is 0 Å². The Morgan fingerprint density at radius 1 is 1.12 bits per heavy atom. The molecule has 0 radical (unpaired) electrons. The van der Waals surface area contributed by atoms with E-state index in [1.165, 1.54) is 5.56 Å². The second-order valence-electron chi connectivity index (χ2n) is 6.62. The van der Waals surface area contributed by atoms with Gasteiger partial charge in [-0.05, 0) is 24.6 Å². The molecule has 2 heterocycles. The molecule has 126 valence electrons. The van der Waals surface area contributed by atoms with Gasteiger partial charge >= 0.3 is 0 Å². The second kappa shape index (κ2) is 6.65. The van der Waals surface area contributed by atoms with Crippen molar-refractivity contribution in [2.75, 3.05) is 18.4 Å². The average Bonchev–Trinajstić information content (AvgIpc) is 3.13. The normalized spacial score (nSPS) is 19.9. The zero-order chi connectivity index (χ0) is 17.2. The number of rotatable bonds is 3. The molecule has 2 unspecified atom stereocenters. The molecule has 1 aromatic heterocycles. The van der Waals surface area contributed by atoms with Gasteiger partial charge in [0, 0.05) is 47.4 Å². The number of amides is 1. The highest BCUT2D eigenvalue weighted by molar-refractivity contribution is 6.03. The molecule has 25 heavy (non-hydrogen) atoms. The number of aromatic nitrogens is 1. The van der Waals surface area contributed by atoms with Crippen LogP contribution in [-0.4, -0.2) is 24.0 Å². The molecule has 4 heteroatoms. The fraction of sp³-hybridized carbons (Fsp3) is 0.238. The number of aryl methyl sites for hydroxylation is 1. The smallest absolute Gasteiger partial charge is 0.229 e. The maximum Gasteiger partial charge on any atom is 0.229 e. The van der Waals surface area contributed by atoms with Crippen molar-refractivity contribution in [2.24, 2.45) is 5.92 Å². The Morgan fingerprint density at radius 2 is 1.96 bits per heavy atom. The number of hydrogen-bond acceptors (Lipinski definition) is 3. The molecular weight excluding hydrogens is 310 g/mol. The van der Waals surface area contributed by atoms with Gasteiger partial charge in [0.15, 0.2) is 0 Å². The van der Waals surface area contributed by atoms with Gasteiger partial charge in [-0.15, -0.1) is 0 Å². The Hall–Kier alpha value is -2.72. The van der Waals surface area contributed by atoms with Crippen LogP contribution in [0, 0.1) is 12.8 Å². The third-order valence-corrected chi connectivity index (χ3v) is 4.94. The Labute approximate surface area is 147 Å². The molecule has 4 rings (SSSR count). The van der Waals surface area contributed by atoms with Crippen molar-refractivity contribution in [3.8, 4) is 0 Å². The highest BCUT2D eigenvalue weighted by Crippen LogP contribution is 2.30. The zero-order valence-corrected chi connectivity index (χ0v) is 14.2.